The van der Waals surface area contributed by atoms with Crippen LogP contribution in [0.25, 0.3) is 0 Å². The third-order valence-electron chi connectivity index (χ3n) is 3.33. The molecule has 1 aliphatic rings. The highest BCUT2D eigenvalue weighted by atomic mass is 35.5. The summed E-state index contributed by atoms with van der Waals surface area (Å²) < 4.78 is 7.41. The molecule has 1 atom stereocenters. The third kappa shape index (κ3) is 2.81. The monoisotopic (exact) mass is 257 g/mol. The van der Waals surface area contributed by atoms with Gasteiger partial charge in [0, 0.05) is 32.2 Å². The molecule has 17 heavy (non-hydrogen) atoms. The lowest BCUT2D eigenvalue weighted by atomic mass is 10.2. The first-order valence-electron chi connectivity index (χ1n) is 6.13. The quantitative estimate of drug-likeness (QED) is 0.830. The van der Waals surface area contributed by atoms with E-state index in [-0.39, 0.29) is 0 Å². The standard InChI is InChI=1S/C12H20ClN3O/c1-4-10-7-16(5-6-17-10)8-11-9(2)14-15(3)12(11)13/h10H,4-8H2,1-3H3. The summed E-state index contributed by atoms with van der Waals surface area (Å²) in [5.74, 6) is 0. The van der Waals surface area contributed by atoms with Gasteiger partial charge in [-0.3, -0.25) is 9.58 Å². The fraction of sp³-hybridized carbons (Fsp3) is 0.750. The number of nitrogens with zero attached hydrogens (tertiary/aromatic N) is 3. The molecule has 0 radical (unpaired) electrons. The van der Waals surface area contributed by atoms with Crippen LogP contribution in [-0.4, -0.2) is 40.5 Å². The zero-order valence-corrected chi connectivity index (χ0v) is 11.5. The topological polar surface area (TPSA) is 30.3 Å². The van der Waals surface area contributed by atoms with Gasteiger partial charge in [-0.15, -0.1) is 0 Å². The number of aromatic nitrogens is 2. The summed E-state index contributed by atoms with van der Waals surface area (Å²) in [7, 11) is 1.88. The van der Waals surface area contributed by atoms with Crippen molar-refractivity contribution in [2.45, 2.75) is 32.9 Å². The number of halogens is 1. The molecule has 0 bridgehead atoms. The number of morpholine rings is 1. The van der Waals surface area contributed by atoms with E-state index in [1.165, 1.54) is 0 Å². The molecular weight excluding hydrogens is 238 g/mol. The normalized spacial score (nSPS) is 22.0. The fourth-order valence-corrected chi connectivity index (χ4v) is 2.48. The van der Waals surface area contributed by atoms with Crippen LogP contribution in [-0.2, 0) is 18.3 Å². The summed E-state index contributed by atoms with van der Waals surface area (Å²) in [5.41, 5.74) is 2.17. The Morgan fingerprint density at radius 1 is 1.53 bits per heavy atom. The second kappa shape index (κ2) is 5.38. The van der Waals surface area contributed by atoms with Crippen molar-refractivity contribution in [3.63, 3.8) is 0 Å². The SMILES string of the molecule is CCC1CN(Cc2c(C)nn(C)c2Cl)CCO1. The van der Waals surface area contributed by atoms with Crippen molar-refractivity contribution in [1.29, 1.82) is 0 Å². The Morgan fingerprint density at radius 3 is 2.88 bits per heavy atom. The highest BCUT2D eigenvalue weighted by molar-refractivity contribution is 6.30. The molecule has 1 aliphatic heterocycles. The molecule has 96 valence electrons. The molecule has 0 aromatic carbocycles. The van der Waals surface area contributed by atoms with Crippen LogP contribution in [0.15, 0.2) is 0 Å². The van der Waals surface area contributed by atoms with E-state index in [0.717, 1.165) is 49.1 Å². The van der Waals surface area contributed by atoms with E-state index < -0.39 is 0 Å². The molecular formula is C12H20ClN3O. The molecule has 2 heterocycles. The molecule has 5 heteroatoms. The summed E-state index contributed by atoms with van der Waals surface area (Å²) in [6, 6.07) is 0. The minimum absolute atomic E-state index is 0.361. The van der Waals surface area contributed by atoms with Gasteiger partial charge < -0.3 is 4.74 Å². The molecule has 4 nitrogen and oxygen atoms in total. The van der Waals surface area contributed by atoms with E-state index in [0.29, 0.717) is 6.10 Å². The number of aryl methyl sites for hydroxylation is 2. The molecule has 1 fully saturated rings. The van der Waals surface area contributed by atoms with Crippen molar-refractivity contribution in [3.8, 4) is 0 Å². The molecule has 2 rings (SSSR count). The average Bonchev–Trinajstić information content (AvgIpc) is 2.56. The van der Waals surface area contributed by atoms with Gasteiger partial charge in [0.15, 0.2) is 0 Å². The molecule has 0 saturated carbocycles. The third-order valence-corrected chi connectivity index (χ3v) is 3.80. The molecule has 0 N–H and O–H groups in total. The second-order valence-electron chi connectivity index (χ2n) is 4.61. The van der Waals surface area contributed by atoms with E-state index in [4.69, 9.17) is 16.3 Å². The van der Waals surface area contributed by atoms with Crippen LogP contribution < -0.4 is 0 Å². The maximum atomic E-state index is 6.25. The highest BCUT2D eigenvalue weighted by Gasteiger charge is 2.21. The van der Waals surface area contributed by atoms with Gasteiger partial charge in [-0.1, -0.05) is 18.5 Å². The number of hydrogen-bond donors (Lipinski definition) is 0. The Bertz CT molecular complexity index is 391. The van der Waals surface area contributed by atoms with Crippen LogP contribution >= 0.6 is 11.6 Å². The van der Waals surface area contributed by atoms with Crippen LogP contribution in [0, 0.1) is 6.92 Å². The zero-order valence-electron chi connectivity index (χ0n) is 10.7. The molecule has 1 saturated heterocycles. The van der Waals surface area contributed by atoms with E-state index in [1.54, 1.807) is 4.68 Å². The molecule has 1 unspecified atom stereocenters. The Hall–Kier alpha value is -0.580. The Balaban J connectivity index is 2.05. The van der Waals surface area contributed by atoms with E-state index in [2.05, 4.69) is 16.9 Å². The maximum absolute atomic E-state index is 6.25. The van der Waals surface area contributed by atoms with Crippen molar-refractivity contribution >= 4 is 11.6 Å². The number of ether oxygens (including phenoxy) is 1. The van der Waals surface area contributed by atoms with Crippen LogP contribution in [0.5, 0.6) is 0 Å². The van der Waals surface area contributed by atoms with Gasteiger partial charge in [0.25, 0.3) is 0 Å². The van der Waals surface area contributed by atoms with Crippen molar-refractivity contribution in [3.05, 3.63) is 16.4 Å². The first-order valence-corrected chi connectivity index (χ1v) is 6.51. The van der Waals surface area contributed by atoms with Gasteiger partial charge in [0.05, 0.1) is 18.4 Å². The van der Waals surface area contributed by atoms with Gasteiger partial charge in [-0.2, -0.15) is 5.10 Å². The summed E-state index contributed by atoms with van der Waals surface area (Å²) in [5, 5.41) is 5.09. The maximum Gasteiger partial charge on any atom is 0.131 e. The highest BCUT2D eigenvalue weighted by Crippen LogP contribution is 2.21. The molecule has 1 aromatic rings. The van der Waals surface area contributed by atoms with Crippen LogP contribution in [0.3, 0.4) is 0 Å². The summed E-state index contributed by atoms with van der Waals surface area (Å²) in [6.07, 6.45) is 1.43. The lowest BCUT2D eigenvalue weighted by molar-refractivity contribution is -0.0325. The van der Waals surface area contributed by atoms with Gasteiger partial charge in [-0.05, 0) is 13.3 Å². The van der Waals surface area contributed by atoms with Crippen molar-refractivity contribution < 1.29 is 4.74 Å². The fourth-order valence-electron chi connectivity index (χ4n) is 2.25. The number of rotatable bonds is 3. The second-order valence-corrected chi connectivity index (χ2v) is 4.97. The Labute approximate surface area is 107 Å². The predicted molar refractivity (Wildman–Crippen MR) is 68.3 cm³/mol. The smallest absolute Gasteiger partial charge is 0.131 e. The molecule has 0 spiro atoms. The lowest BCUT2D eigenvalue weighted by Crippen LogP contribution is -2.41. The van der Waals surface area contributed by atoms with Gasteiger partial charge in [0.1, 0.15) is 5.15 Å². The molecule has 0 amide bonds. The Kier molecular flexibility index (Phi) is 4.07. The summed E-state index contributed by atoms with van der Waals surface area (Å²) >= 11 is 6.25. The van der Waals surface area contributed by atoms with Gasteiger partial charge in [-0.25, -0.2) is 0 Å². The van der Waals surface area contributed by atoms with E-state index in [1.807, 2.05) is 14.0 Å². The minimum Gasteiger partial charge on any atom is -0.376 e. The van der Waals surface area contributed by atoms with Crippen molar-refractivity contribution in [2.24, 2.45) is 7.05 Å². The minimum atomic E-state index is 0.361. The van der Waals surface area contributed by atoms with Crippen LogP contribution in [0.4, 0.5) is 0 Å². The Morgan fingerprint density at radius 2 is 2.29 bits per heavy atom. The van der Waals surface area contributed by atoms with Crippen molar-refractivity contribution in [1.82, 2.24) is 14.7 Å². The molecule has 1 aromatic heterocycles. The van der Waals surface area contributed by atoms with Crippen molar-refractivity contribution in [2.75, 3.05) is 19.7 Å². The van der Waals surface area contributed by atoms with Gasteiger partial charge >= 0.3 is 0 Å². The van der Waals surface area contributed by atoms with E-state index >= 15 is 0 Å². The zero-order chi connectivity index (χ0) is 12.4. The predicted octanol–water partition coefficient (Wildman–Crippen LogP) is 1.99. The molecule has 0 aliphatic carbocycles. The number of hydrogen-bond acceptors (Lipinski definition) is 3. The summed E-state index contributed by atoms with van der Waals surface area (Å²) in [6.45, 7) is 7.82. The first kappa shape index (κ1) is 12.9. The van der Waals surface area contributed by atoms with Crippen LogP contribution in [0.2, 0.25) is 5.15 Å². The van der Waals surface area contributed by atoms with E-state index in [9.17, 15) is 0 Å². The van der Waals surface area contributed by atoms with Gasteiger partial charge in [0.2, 0.25) is 0 Å². The van der Waals surface area contributed by atoms with Crippen LogP contribution in [0.1, 0.15) is 24.6 Å². The largest absolute Gasteiger partial charge is 0.376 e. The lowest BCUT2D eigenvalue weighted by Gasteiger charge is -2.32. The average molecular weight is 258 g/mol. The summed E-state index contributed by atoms with van der Waals surface area (Å²) in [4.78, 5) is 2.40. The first-order chi connectivity index (χ1) is 8.11.